The Morgan fingerprint density at radius 2 is 2.06 bits per heavy atom. The van der Waals surface area contributed by atoms with Crippen molar-refractivity contribution in [1.29, 1.82) is 0 Å². The van der Waals surface area contributed by atoms with Crippen LogP contribution in [-0.2, 0) is 5.41 Å². The molecule has 0 bridgehead atoms. The summed E-state index contributed by atoms with van der Waals surface area (Å²) in [6.07, 6.45) is 1.86. The average Bonchev–Trinajstić information content (AvgIpc) is 3.07. The molecule has 0 aliphatic heterocycles. The molecule has 1 aromatic rings. The van der Waals surface area contributed by atoms with E-state index in [1.807, 2.05) is 12.1 Å². The average molecular weight is 236 g/mol. The third-order valence-corrected chi connectivity index (χ3v) is 3.28. The van der Waals surface area contributed by atoms with Crippen LogP contribution in [0, 0.1) is 5.82 Å². The molecule has 1 fully saturated rings. The molecule has 17 heavy (non-hydrogen) atoms. The number of amides is 2. The Bertz CT molecular complexity index is 427. The van der Waals surface area contributed by atoms with Crippen molar-refractivity contribution in [3.8, 4) is 0 Å². The van der Waals surface area contributed by atoms with Gasteiger partial charge in [-0.3, -0.25) is 0 Å². The Hall–Kier alpha value is -1.58. The van der Waals surface area contributed by atoms with E-state index >= 15 is 0 Å². The van der Waals surface area contributed by atoms with Gasteiger partial charge in [0.15, 0.2) is 0 Å². The van der Waals surface area contributed by atoms with Crippen LogP contribution in [-0.4, -0.2) is 31.6 Å². The molecule has 0 atom stereocenters. The van der Waals surface area contributed by atoms with Crippen molar-refractivity contribution in [2.45, 2.75) is 18.3 Å². The molecule has 1 saturated carbocycles. The number of nitrogens with zero attached hydrogens (tertiary/aromatic N) is 1. The Kier molecular flexibility index (Phi) is 3.05. The molecule has 0 radical (unpaired) electrons. The number of halogens is 1. The second-order valence-corrected chi connectivity index (χ2v) is 4.81. The number of carbonyl (C=O) groups is 1. The van der Waals surface area contributed by atoms with E-state index in [-0.39, 0.29) is 17.3 Å². The fourth-order valence-electron chi connectivity index (χ4n) is 1.99. The summed E-state index contributed by atoms with van der Waals surface area (Å²) in [4.78, 5) is 12.9. The van der Waals surface area contributed by atoms with Gasteiger partial charge in [0.2, 0.25) is 0 Å². The van der Waals surface area contributed by atoms with Crippen LogP contribution >= 0.6 is 0 Å². The van der Waals surface area contributed by atoms with Crippen LogP contribution in [0.5, 0.6) is 0 Å². The molecular weight excluding hydrogens is 219 g/mol. The predicted octanol–water partition coefficient (Wildman–Crippen LogP) is 2.13. The van der Waals surface area contributed by atoms with Crippen molar-refractivity contribution in [3.05, 3.63) is 35.6 Å². The fraction of sp³-hybridized carbons (Fsp3) is 0.462. The van der Waals surface area contributed by atoms with Gasteiger partial charge in [-0.15, -0.1) is 0 Å². The number of hydrogen-bond acceptors (Lipinski definition) is 1. The van der Waals surface area contributed by atoms with Crippen LogP contribution < -0.4 is 5.32 Å². The number of carbonyl (C=O) groups excluding carboxylic acids is 1. The van der Waals surface area contributed by atoms with Crippen LogP contribution in [0.2, 0.25) is 0 Å². The number of rotatable bonds is 3. The second kappa shape index (κ2) is 4.35. The molecule has 1 aliphatic rings. The highest BCUT2D eigenvalue weighted by molar-refractivity contribution is 5.73. The topological polar surface area (TPSA) is 32.3 Å². The van der Waals surface area contributed by atoms with E-state index < -0.39 is 0 Å². The van der Waals surface area contributed by atoms with Crippen molar-refractivity contribution >= 4 is 6.03 Å². The summed E-state index contributed by atoms with van der Waals surface area (Å²) >= 11 is 0. The van der Waals surface area contributed by atoms with Gasteiger partial charge in [0.05, 0.1) is 0 Å². The van der Waals surface area contributed by atoms with Crippen molar-refractivity contribution in [2.24, 2.45) is 0 Å². The van der Waals surface area contributed by atoms with Gasteiger partial charge in [-0.05, 0) is 24.5 Å². The lowest BCUT2D eigenvalue weighted by Crippen LogP contribution is -2.39. The van der Waals surface area contributed by atoms with Crippen LogP contribution in [0.1, 0.15) is 18.4 Å². The first-order valence-electron chi connectivity index (χ1n) is 5.75. The maximum Gasteiger partial charge on any atom is 0.316 e. The van der Waals surface area contributed by atoms with Gasteiger partial charge in [-0.1, -0.05) is 18.2 Å². The summed E-state index contributed by atoms with van der Waals surface area (Å²) < 4.78 is 13.7. The Labute approximate surface area is 101 Å². The fourth-order valence-corrected chi connectivity index (χ4v) is 1.99. The van der Waals surface area contributed by atoms with Gasteiger partial charge in [0.1, 0.15) is 5.82 Å². The molecule has 0 heterocycles. The van der Waals surface area contributed by atoms with Gasteiger partial charge in [-0.2, -0.15) is 0 Å². The number of nitrogens with one attached hydrogen (secondary N) is 1. The first-order chi connectivity index (χ1) is 8.05. The lowest BCUT2D eigenvalue weighted by atomic mass is 9.95. The molecule has 0 aromatic heterocycles. The SMILES string of the molecule is CN(C)C(=O)NCC1(c2ccccc2F)CC1. The third kappa shape index (κ3) is 2.40. The van der Waals surface area contributed by atoms with Gasteiger partial charge in [-0.25, -0.2) is 9.18 Å². The van der Waals surface area contributed by atoms with Crippen molar-refractivity contribution < 1.29 is 9.18 Å². The lowest BCUT2D eigenvalue weighted by Gasteiger charge is -2.19. The van der Waals surface area contributed by atoms with Crippen LogP contribution in [0.4, 0.5) is 9.18 Å². The Morgan fingerprint density at radius 3 is 2.59 bits per heavy atom. The minimum atomic E-state index is -0.184. The minimum Gasteiger partial charge on any atom is -0.337 e. The molecule has 1 N–H and O–H groups in total. The van der Waals surface area contributed by atoms with Crippen LogP contribution in [0.3, 0.4) is 0 Å². The maximum absolute atomic E-state index is 13.7. The van der Waals surface area contributed by atoms with E-state index in [0.717, 1.165) is 18.4 Å². The first-order valence-corrected chi connectivity index (χ1v) is 5.75. The largest absolute Gasteiger partial charge is 0.337 e. The predicted molar refractivity (Wildman–Crippen MR) is 64.4 cm³/mol. The van der Waals surface area contributed by atoms with Crippen molar-refractivity contribution in [2.75, 3.05) is 20.6 Å². The van der Waals surface area contributed by atoms with E-state index in [4.69, 9.17) is 0 Å². The maximum atomic E-state index is 13.7. The highest BCUT2D eigenvalue weighted by Crippen LogP contribution is 2.48. The molecule has 0 spiro atoms. The van der Waals surface area contributed by atoms with Gasteiger partial charge >= 0.3 is 6.03 Å². The van der Waals surface area contributed by atoms with E-state index in [2.05, 4.69) is 5.32 Å². The third-order valence-electron chi connectivity index (χ3n) is 3.28. The number of urea groups is 1. The molecule has 2 rings (SSSR count). The van der Waals surface area contributed by atoms with E-state index in [1.165, 1.54) is 11.0 Å². The van der Waals surface area contributed by atoms with Gasteiger partial charge < -0.3 is 10.2 Å². The Morgan fingerprint density at radius 1 is 1.41 bits per heavy atom. The summed E-state index contributed by atoms with van der Waals surface area (Å²) in [5.41, 5.74) is 0.538. The molecule has 1 aliphatic carbocycles. The van der Waals surface area contributed by atoms with E-state index in [0.29, 0.717) is 6.54 Å². The summed E-state index contributed by atoms with van der Waals surface area (Å²) in [6.45, 7) is 0.505. The molecular formula is C13H17FN2O. The molecule has 0 unspecified atom stereocenters. The quantitative estimate of drug-likeness (QED) is 0.856. The zero-order valence-corrected chi connectivity index (χ0v) is 10.2. The number of hydrogen-bond donors (Lipinski definition) is 1. The smallest absolute Gasteiger partial charge is 0.316 e. The van der Waals surface area contributed by atoms with Crippen LogP contribution in [0.15, 0.2) is 24.3 Å². The first kappa shape index (κ1) is 11.9. The zero-order chi connectivity index (χ0) is 12.5. The van der Waals surface area contributed by atoms with E-state index in [1.54, 1.807) is 20.2 Å². The van der Waals surface area contributed by atoms with Crippen LogP contribution in [0.25, 0.3) is 0 Å². The molecule has 4 heteroatoms. The Balaban J connectivity index is 2.06. The van der Waals surface area contributed by atoms with Crippen molar-refractivity contribution in [3.63, 3.8) is 0 Å². The number of benzene rings is 1. The second-order valence-electron chi connectivity index (χ2n) is 4.81. The summed E-state index contributed by atoms with van der Waals surface area (Å²) in [5.74, 6) is -0.177. The zero-order valence-electron chi connectivity index (χ0n) is 10.2. The van der Waals surface area contributed by atoms with Crippen molar-refractivity contribution in [1.82, 2.24) is 10.2 Å². The van der Waals surface area contributed by atoms with E-state index in [9.17, 15) is 9.18 Å². The minimum absolute atomic E-state index is 0.132. The molecule has 0 saturated heterocycles. The molecule has 2 amide bonds. The molecule has 3 nitrogen and oxygen atoms in total. The molecule has 1 aromatic carbocycles. The van der Waals surface area contributed by atoms with Gasteiger partial charge in [0.25, 0.3) is 0 Å². The highest BCUT2D eigenvalue weighted by atomic mass is 19.1. The molecule has 92 valence electrons. The lowest BCUT2D eigenvalue weighted by molar-refractivity contribution is 0.216. The normalized spacial score (nSPS) is 16.4. The summed E-state index contributed by atoms with van der Waals surface area (Å²) in [6, 6.07) is 6.68. The monoisotopic (exact) mass is 236 g/mol. The van der Waals surface area contributed by atoms with Gasteiger partial charge in [0, 0.05) is 26.1 Å². The summed E-state index contributed by atoms with van der Waals surface area (Å²) in [5, 5.41) is 2.83. The summed E-state index contributed by atoms with van der Waals surface area (Å²) in [7, 11) is 3.38. The standard InChI is InChI=1S/C13H17FN2O/c1-16(2)12(17)15-9-13(7-8-13)10-5-3-4-6-11(10)14/h3-6H,7-9H2,1-2H3,(H,15,17). The highest BCUT2D eigenvalue weighted by Gasteiger charge is 2.46.